The summed E-state index contributed by atoms with van der Waals surface area (Å²) < 4.78 is 6.63. The monoisotopic (exact) mass is 424 g/mol. The zero-order chi connectivity index (χ0) is 19.5. The molecule has 0 fully saturated rings. The number of thiazole rings is 1. The van der Waals surface area contributed by atoms with Crippen LogP contribution in [0.15, 0.2) is 42.5 Å². The van der Waals surface area contributed by atoms with E-state index in [1.807, 2.05) is 42.5 Å². The van der Waals surface area contributed by atoms with E-state index in [-0.39, 0.29) is 5.94 Å². The number of benzene rings is 2. The number of nitrogen functional groups attached to an aromatic ring is 1. The van der Waals surface area contributed by atoms with E-state index in [0.717, 1.165) is 50.8 Å². The molecule has 8 heteroatoms. The minimum atomic E-state index is 0.0596. The van der Waals surface area contributed by atoms with Crippen LogP contribution in [0.3, 0.4) is 0 Å². The molecule has 0 radical (unpaired) electrons. The Labute approximate surface area is 173 Å². The van der Waals surface area contributed by atoms with Crippen molar-refractivity contribution in [1.82, 2.24) is 4.98 Å². The van der Waals surface area contributed by atoms with E-state index in [4.69, 9.17) is 20.7 Å². The first kappa shape index (κ1) is 21.8. The number of hydrogen-bond donors (Lipinski definition) is 4. The van der Waals surface area contributed by atoms with Gasteiger partial charge in [-0.1, -0.05) is 11.8 Å². The van der Waals surface area contributed by atoms with E-state index in [0.29, 0.717) is 12.5 Å². The highest BCUT2D eigenvalue weighted by atomic mass is 32.2. The normalized spacial score (nSPS) is 10.5. The van der Waals surface area contributed by atoms with Gasteiger partial charge >= 0.3 is 0 Å². The number of hydrogen-bond acceptors (Lipinski definition) is 8. The second-order valence-corrected chi connectivity index (χ2v) is 7.90. The predicted molar refractivity (Wildman–Crippen MR) is 120 cm³/mol. The molecule has 27 heavy (non-hydrogen) atoms. The molecule has 2 aromatic carbocycles. The molecule has 1 aromatic heterocycles. The van der Waals surface area contributed by atoms with Crippen LogP contribution in [0.1, 0.15) is 12.8 Å². The second kappa shape index (κ2) is 12.1. The lowest BCUT2D eigenvalue weighted by atomic mass is 10.2. The average Bonchev–Trinajstić information content (AvgIpc) is 3.11. The zero-order valence-electron chi connectivity index (χ0n) is 14.9. The van der Waals surface area contributed by atoms with E-state index in [1.165, 1.54) is 11.8 Å². The molecule has 0 saturated heterocycles. The van der Waals surface area contributed by atoms with Gasteiger partial charge in [0, 0.05) is 17.9 Å². The van der Waals surface area contributed by atoms with Gasteiger partial charge in [-0.05, 0) is 61.1 Å². The minimum absolute atomic E-state index is 0.0596. The van der Waals surface area contributed by atoms with Gasteiger partial charge in [0.15, 0.2) is 0 Å². The predicted octanol–water partition coefficient (Wildman–Crippen LogP) is 4.25. The maximum Gasteiger partial charge on any atom is 0.136 e. The summed E-state index contributed by atoms with van der Waals surface area (Å²) in [7, 11) is 0. The van der Waals surface area contributed by atoms with E-state index < -0.39 is 0 Å². The maximum absolute atomic E-state index is 8.73. The number of rotatable bonds is 8. The molecule has 0 saturated carbocycles. The van der Waals surface area contributed by atoms with E-state index >= 15 is 0 Å². The lowest BCUT2D eigenvalue weighted by molar-refractivity contribution is 0.287. The van der Waals surface area contributed by atoms with E-state index in [1.54, 1.807) is 11.3 Å². The van der Waals surface area contributed by atoms with Crippen molar-refractivity contribution in [2.24, 2.45) is 0 Å². The van der Waals surface area contributed by atoms with Crippen LogP contribution < -0.4 is 10.5 Å². The smallest absolute Gasteiger partial charge is 0.136 e. The molecular weight excluding hydrogens is 400 g/mol. The molecule has 5 nitrogen and oxygen atoms in total. The molecule has 1 heterocycles. The fraction of sp³-hybridized carbons (Fsp3) is 0.316. The SMILES string of the molecule is Nc1ccc(-c2nc3ccc(OCSCO)cc3s2)cc1.OCCCCS. The van der Waals surface area contributed by atoms with Gasteiger partial charge in [-0.15, -0.1) is 11.3 Å². The highest BCUT2D eigenvalue weighted by Crippen LogP contribution is 2.32. The lowest BCUT2D eigenvalue weighted by Crippen LogP contribution is -1.93. The number of ether oxygens (including phenoxy) is 1. The maximum atomic E-state index is 8.73. The summed E-state index contributed by atoms with van der Waals surface area (Å²) in [6, 6.07) is 13.5. The van der Waals surface area contributed by atoms with Crippen molar-refractivity contribution in [2.45, 2.75) is 12.8 Å². The molecule has 0 atom stereocenters. The van der Waals surface area contributed by atoms with Crippen LogP contribution in [0.2, 0.25) is 0 Å². The second-order valence-electron chi connectivity index (χ2n) is 5.52. The Kier molecular flexibility index (Phi) is 9.79. The first-order valence-corrected chi connectivity index (χ1v) is 11.1. The summed E-state index contributed by atoms with van der Waals surface area (Å²) in [6.45, 7) is 0.306. The van der Waals surface area contributed by atoms with Crippen LogP contribution in [0.4, 0.5) is 5.69 Å². The van der Waals surface area contributed by atoms with Gasteiger partial charge in [-0.3, -0.25) is 0 Å². The van der Waals surface area contributed by atoms with E-state index in [9.17, 15) is 0 Å². The molecular formula is C19H24N2O3S3. The number of nitrogens with two attached hydrogens (primary N) is 1. The number of anilines is 1. The van der Waals surface area contributed by atoms with Gasteiger partial charge in [0.05, 0.1) is 16.2 Å². The summed E-state index contributed by atoms with van der Waals surface area (Å²) in [4.78, 5) is 4.63. The molecule has 0 aliphatic heterocycles. The number of nitrogens with zero attached hydrogens (tertiary/aromatic N) is 1. The summed E-state index contributed by atoms with van der Waals surface area (Å²) in [5, 5.41) is 17.9. The zero-order valence-corrected chi connectivity index (χ0v) is 17.4. The molecule has 3 aromatic rings. The van der Waals surface area contributed by atoms with Crippen LogP contribution in [-0.4, -0.2) is 39.4 Å². The van der Waals surface area contributed by atoms with Crippen molar-refractivity contribution in [3.63, 3.8) is 0 Å². The van der Waals surface area contributed by atoms with Gasteiger partial charge in [0.25, 0.3) is 0 Å². The molecule has 146 valence electrons. The largest absolute Gasteiger partial charge is 0.483 e. The van der Waals surface area contributed by atoms with Crippen LogP contribution in [0.5, 0.6) is 5.75 Å². The Balaban J connectivity index is 0.000000380. The van der Waals surface area contributed by atoms with Crippen LogP contribution in [0, 0.1) is 0 Å². The first-order valence-electron chi connectivity index (χ1n) is 8.47. The molecule has 0 spiro atoms. The number of aliphatic hydroxyl groups is 2. The summed E-state index contributed by atoms with van der Waals surface area (Å²) in [5.41, 5.74) is 8.46. The number of thioether (sulfide) groups is 1. The number of unbranched alkanes of at least 4 members (excludes halogenated alkanes) is 1. The Morgan fingerprint density at radius 3 is 2.52 bits per heavy atom. The summed E-state index contributed by atoms with van der Waals surface area (Å²) in [5.74, 6) is 2.17. The molecule has 0 unspecified atom stereocenters. The van der Waals surface area contributed by atoms with Gasteiger partial charge in [-0.2, -0.15) is 12.6 Å². The quantitative estimate of drug-likeness (QED) is 0.187. The third kappa shape index (κ3) is 7.23. The molecule has 0 aliphatic carbocycles. The third-order valence-corrected chi connectivity index (χ3v) is 5.33. The Morgan fingerprint density at radius 2 is 1.89 bits per heavy atom. The van der Waals surface area contributed by atoms with Crippen molar-refractivity contribution in [1.29, 1.82) is 0 Å². The number of thiol groups is 1. The minimum Gasteiger partial charge on any atom is -0.483 e. The first-order chi connectivity index (χ1) is 13.2. The molecule has 3 rings (SSSR count). The van der Waals surface area contributed by atoms with Crippen LogP contribution in [-0.2, 0) is 0 Å². The highest BCUT2D eigenvalue weighted by Gasteiger charge is 2.07. The Bertz CT molecular complexity index is 806. The van der Waals surface area contributed by atoms with Crippen molar-refractivity contribution < 1.29 is 14.9 Å². The Morgan fingerprint density at radius 1 is 1.11 bits per heavy atom. The van der Waals surface area contributed by atoms with Gasteiger partial charge in [0.1, 0.15) is 16.7 Å². The van der Waals surface area contributed by atoms with E-state index in [2.05, 4.69) is 17.6 Å². The third-order valence-electron chi connectivity index (χ3n) is 3.48. The topological polar surface area (TPSA) is 88.6 Å². The number of fused-ring (bicyclic) bond motifs is 1. The highest BCUT2D eigenvalue weighted by molar-refractivity contribution is 7.98. The van der Waals surface area contributed by atoms with Gasteiger partial charge in [-0.25, -0.2) is 4.98 Å². The molecule has 0 amide bonds. The van der Waals surface area contributed by atoms with Gasteiger partial charge in [0.2, 0.25) is 0 Å². The van der Waals surface area contributed by atoms with Gasteiger partial charge < -0.3 is 20.7 Å². The summed E-state index contributed by atoms with van der Waals surface area (Å²) in [6.07, 6.45) is 1.92. The number of aliphatic hydroxyl groups excluding tert-OH is 2. The average molecular weight is 425 g/mol. The standard InChI is InChI=1S/C15H14N2O2S2.C4H10OS/c16-11-3-1-10(2-4-11)15-17-13-6-5-12(7-14(13)21-15)19-9-20-8-18;5-3-1-2-4-6/h1-7,18H,8-9,16H2;5-6H,1-4H2. The van der Waals surface area contributed by atoms with Crippen molar-refractivity contribution >= 4 is 51.6 Å². The van der Waals surface area contributed by atoms with Crippen LogP contribution in [0.25, 0.3) is 20.8 Å². The van der Waals surface area contributed by atoms with Crippen molar-refractivity contribution in [2.75, 3.05) is 30.0 Å². The fourth-order valence-electron chi connectivity index (χ4n) is 2.11. The molecule has 0 bridgehead atoms. The fourth-order valence-corrected chi connectivity index (χ4v) is 3.63. The number of aromatic nitrogens is 1. The van der Waals surface area contributed by atoms with Crippen molar-refractivity contribution in [3.05, 3.63) is 42.5 Å². The molecule has 0 aliphatic rings. The van der Waals surface area contributed by atoms with Crippen LogP contribution >= 0.6 is 35.7 Å². The van der Waals surface area contributed by atoms with Crippen molar-refractivity contribution in [3.8, 4) is 16.3 Å². The lowest BCUT2D eigenvalue weighted by Gasteiger charge is -2.03. The molecule has 4 N–H and O–H groups in total. The Hall–Kier alpha value is -1.45. The summed E-state index contributed by atoms with van der Waals surface area (Å²) >= 11 is 6.89.